The molecule has 4 aromatic rings. The molecule has 37 heavy (non-hydrogen) atoms. The molecule has 0 atom stereocenters. The number of hydrogen-bond acceptors (Lipinski definition) is 3. The molecule has 188 valence electrons. The lowest BCUT2D eigenvalue weighted by Crippen LogP contribution is -2.45. The van der Waals surface area contributed by atoms with Crippen molar-refractivity contribution in [2.75, 3.05) is 5.32 Å². The number of sulfonamides is 1. The van der Waals surface area contributed by atoms with Gasteiger partial charge in [0, 0.05) is 29.8 Å². The number of nitrogens with zero attached hydrogens (tertiary/aromatic N) is 2. The van der Waals surface area contributed by atoms with E-state index < -0.39 is 16.0 Å². The molecule has 0 radical (unpaired) electrons. The minimum absolute atomic E-state index is 0.0793. The Labute approximate surface area is 216 Å². The predicted molar refractivity (Wildman–Crippen MR) is 145 cm³/mol. The van der Waals surface area contributed by atoms with Crippen LogP contribution in [-0.4, -0.2) is 20.3 Å². The van der Waals surface area contributed by atoms with Gasteiger partial charge in [-0.1, -0.05) is 55.5 Å². The first-order valence-electron chi connectivity index (χ1n) is 11.7. The van der Waals surface area contributed by atoms with Gasteiger partial charge >= 0.3 is 0 Å². The Hall–Kier alpha value is -4.50. The SMILES string of the molecule is CCc1cc(-c2ccccc2)cc(-c2ccccc2)[n+]1CC(=O)Nc1ccc(S(=O)(=O)N=C(N)N)cc1. The monoisotopic (exact) mass is 514 g/mol. The van der Waals surface area contributed by atoms with Crippen LogP contribution in [-0.2, 0) is 27.8 Å². The smallest absolute Gasteiger partial charge is 0.290 e. The number of aryl methyl sites for hydroxylation is 1. The highest BCUT2D eigenvalue weighted by Gasteiger charge is 2.23. The number of guanidine groups is 1. The van der Waals surface area contributed by atoms with Gasteiger partial charge in [0.1, 0.15) is 0 Å². The minimum atomic E-state index is -4.00. The third kappa shape index (κ3) is 6.20. The van der Waals surface area contributed by atoms with Crippen LogP contribution in [0.25, 0.3) is 22.4 Å². The van der Waals surface area contributed by atoms with Crippen LogP contribution >= 0.6 is 0 Å². The van der Waals surface area contributed by atoms with Gasteiger partial charge in [0.2, 0.25) is 18.2 Å². The lowest BCUT2D eigenvalue weighted by Gasteiger charge is -2.12. The Morgan fingerprint density at radius 2 is 1.43 bits per heavy atom. The summed E-state index contributed by atoms with van der Waals surface area (Å²) >= 11 is 0. The van der Waals surface area contributed by atoms with Crippen LogP contribution in [0, 0.1) is 0 Å². The van der Waals surface area contributed by atoms with Gasteiger partial charge in [0.25, 0.3) is 15.9 Å². The number of carbonyl (C=O) groups excluding carboxylic acids is 1. The molecule has 1 amide bonds. The quantitative estimate of drug-likeness (QED) is 0.188. The fourth-order valence-corrected chi connectivity index (χ4v) is 4.91. The normalized spacial score (nSPS) is 11.1. The van der Waals surface area contributed by atoms with Gasteiger partial charge in [-0.05, 0) is 47.5 Å². The van der Waals surface area contributed by atoms with Gasteiger partial charge in [-0.15, -0.1) is 4.40 Å². The summed E-state index contributed by atoms with van der Waals surface area (Å²) in [4.78, 5) is 13.0. The summed E-state index contributed by atoms with van der Waals surface area (Å²) in [6.45, 7) is 2.14. The molecule has 9 heteroatoms. The number of aromatic nitrogens is 1. The third-order valence-electron chi connectivity index (χ3n) is 5.75. The van der Waals surface area contributed by atoms with Crippen LogP contribution in [0.2, 0.25) is 0 Å². The molecule has 1 heterocycles. The van der Waals surface area contributed by atoms with Crippen molar-refractivity contribution < 1.29 is 17.8 Å². The molecule has 0 aliphatic carbocycles. The summed E-state index contributed by atoms with van der Waals surface area (Å²) < 4.78 is 29.6. The zero-order valence-electron chi connectivity index (χ0n) is 20.3. The van der Waals surface area contributed by atoms with Crippen LogP contribution in [0.5, 0.6) is 0 Å². The summed E-state index contributed by atoms with van der Waals surface area (Å²) in [5.41, 5.74) is 15.9. The van der Waals surface area contributed by atoms with Crippen molar-refractivity contribution in [1.82, 2.24) is 0 Å². The van der Waals surface area contributed by atoms with E-state index in [1.54, 1.807) is 0 Å². The van der Waals surface area contributed by atoms with E-state index in [9.17, 15) is 13.2 Å². The maximum Gasteiger partial charge on any atom is 0.290 e. The molecule has 3 aromatic carbocycles. The summed E-state index contributed by atoms with van der Waals surface area (Å²) in [5, 5.41) is 2.85. The van der Waals surface area contributed by atoms with E-state index in [1.165, 1.54) is 24.3 Å². The minimum Gasteiger partial charge on any atom is -0.369 e. The lowest BCUT2D eigenvalue weighted by molar-refractivity contribution is -0.680. The van der Waals surface area contributed by atoms with Crippen molar-refractivity contribution in [3.8, 4) is 22.4 Å². The molecular formula is C28H28N5O3S+. The fraction of sp³-hybridized carbons (Fsp3) is 0.107. The Morgan fingerprint density at radius 1 is 0.838 bits per heavy atom. The zero-order valence-corrected chi connectivity index (χ0v) is 21.2. The van der Waals surface area contributed by atoms with E-state index in [0.29, 0.717) is 5.69 Å². The second-order valence-electron chi connectivity index (χ2n) is 8.36. The maximum absolute atomic E-state index is 13.1. The van der Waals surface area contributed by atoms with Gasteiger partial charge in [0.15, 0.2) is 5.69 Å². The Balaban J connectivity index is 1.65. The zero-order chi connectivity index (χ0) is 26.4. The second kappa shape index (κ2) is 11.0. The number of benzene rings is 3. The van der Waals surface area contributed by atoms with E-state index >= 15 is 0 Å². The van der Waals surface area contributed by atoms with Crippen LogP contribution < -0.4 is 21.4 Å². The highest BCUT2D eigenvalue weighted by molar-refractivity contribution is 7.90. The molecule has 0 aliphatic heterocycles. The summed E-state index contributed by atoms with van der Waals surface area (Å²) in [6.07, 6.45) is 0.727. The first-order chi connectivity index (χ1) is 17.8. The van der Waals surface area contributed by atoms with Crippen molar-refractivity contribution in [2.24, 2.45) is 15.9 Å². The van der Waals surface area contributed by atoms with Crippen LogP contribution in [0.1, 0.15) is 12.6 Å². The average molecular weight is 515 g/mol. The predicted octanol–water partition coefficient (Wildman–Crippen LogP) is 3.47. The van der Waals surface area contributed by atoms with Crippen molar-refractivity contribution >= 4 is 27.6 Å². The van der Waals surface area contributed by atoms with E-state index in [2.05, 4.69) is 40.9 Å². The Kier molecular flexibility index (Phi) is 7.64. The van der Waals surface area contributed by atoms with Gasteiger partial charge in [-0.25, -0.2) is 0 Å². The number of amides is 1. The Bertz CT molecular complexity index is 1530. The molecule has 0 saturated carbocycles. The second-order valence-corrected chi connectivity index (χ2v) is 9.96. The summed E-state index contributed by atoms with van der Waals surface area (Å²) in [6, 6.07) is 29.9. The number of pyridine rings is 1. The van der Waals surface area contributed by atoms with Crippen molar-refractivity contribution in [3.05, 3.63) is 103 Å². The van der Waals surface area contributed by atoms with E-state index in [-0.39, 0.29) is 17.3 Å². The number of rotatable bonds is 8. The topological polar surface area (TPSA) is 132 Å². The van der Waals surface area contributed by atoms with Crippen LogP contribution in [0.3, 0.4) is 0 Å². The average Bonchev–Trinajstić information content (AvgIpc) is 2.89. The molecule has 0 saturated heterocycles. The summed E-state index contributed by atoms with van der Waals surface area (Å²) in [7, 11) is -4.00. The maximum atomic E-state index is 13.1. The standard InChI is InChI=1S/C28H27N5O3S/c1-2-24-17-22(20-9-5-3-6-10-20)18-26(21-11-7-4-8-12-21)33(24)19-27(34)31-23-13-15-25(16-14-23)37(35,36)32-28(29)30/h3-18H,2,19H2,1H3,(H4-,29,30,31,32,34)/p+1. The molecule has 8 nitrogen and oxygen atoms in total. The van der Waals surface area contributed by atoms with Crippen molar-refractivity contribution in [2.45, 2.75) is 24.8 Å². The number of nitrogens with two attached hydrogens (primary N) is 2. The molecule has 0 fully saturated rings. The molecule has 0 spiro atoms. The van der Waals surface area contributed by atoms with E-state index in [1.807, 2.05) is 53.1 Å². The van der Waals surface area contributed by atoms with Gasteiger partial charge in [0.05, 0.1) is 4.90 Å². The van der Waals surface area contributed by atoms with Gasteiger partial charge < -0.3 is 16.8 Å². The number of nitrogens with one attached hydrogen (secondary N) is 1. The molecule has 5 N–H and O–H groups in total. The molecule has 0 unspecified atom stereocenters. The number of anilines is 1. The highest BCUT2D eigenvalue weighted by Crippen LogP contribution is 2.25. The lowest BCUT2D eigenvalue weighted by atomic mass is 10.0. The summed E-state index contributed by atoms with van der Waals surface area (Å²) in [5.74, 6) is -0.794. The molecule has 4 rings (SSSR count). The first kappa shape index (κ1) is 25.6. The molecule has 0 bridgehead atoms. The highest BCUT2D eigenvalue weighted by atomic mass is 32.2. The van der Waals surface area contributed by atoms with Gasteiger partial charge in [-0.2, -0.15) is 13.0 Å². The van der Waals surface area contributed by atoms with Crippen LogP contribution in [0.4, 0.5) is 5.69 Å². The Morgan fingerprint density at radius 3 is 2.00 bits per heavy atom. The van der Waals surface area contributed by atoms with Crippen molar-refractivity contribution in [1.29, 1.82) is 0 Å². The first-order valence-corrected chi connectivity index (χ1v) is 13.1. The fourth-order valence-electron chi connectivity index (χ4n) is 4.05. The largest absolute Gasteiger partial charge is 0.369 e. The van der Waals surface area contributed by atoms with Gasteiger partial charge in [-0.3, -0.25) is 4.79 Å². The number of carbonyl (C=O) groups is 1. The third-order valence-corrected chi connectivity index (χ3v) is 7.07. The molecule has 0 aliphatic rings. The van der Waals surface area contributed by atoms with E-state index in [0.717, 1.165) is 34.5 Å². The molecule has 1 aromatic heterocycles. The van der Waals surface area contributed by atoms with Crippen LogP contribution in [0.15, 0.2) is 106 Å². The van der Waals surface area contributed by atoms with Crippen molar-refractivity contribution in [3.63, 3.8) is 0 Å². The van der Waals surface area contributed by atoms with E-state index in [4.69, 9.17) is 11.5 Å². The molecular weight excluding hydrogens is 486 g/mol. The number of hydrogen-bond donors (Lipinski definition) is 3.